The highest BCUT2D eigenvalue weighted by atomic mass is 35.5. The number of anilines is 1. The summed E-state index contributed by atoms with van der Waals surface area (Å²) in [6.45, 7) is 1.04. The van der Waals surface area contributed by atoms with E-state index in [1.54, 1.807) is 0 Å². The summed E-state index contributed by atoms with van der Waals surface area (Å²) in [6.07, 6.45) is 0. The normalized spacial score (nSPS) is 10.4. The fourth-order valence-corrected chi connectivity index (χ4v) is 2.37. The number of amides is 2. The van der Waals surface area contributed by atoms with Gasteiger partial charge < -0.3 is 16.4 Å². The van der Waals surface area contributed by atoms with Gasteiger partial charge in [-0.15, -0.1) is 0 Å². The number of rotatable bonds is 4. The highest BCUT2D eigenvalue weighted by molar-refractivity contribution is 7.22. The monoisotopic (exact) mass is 270 g/mol. The number of fused-ring (bicyclic) bond motifs is 1. The zero-order valence-corrected chi connectivity index (χ0v) is 10.4. The van der Waals surface area contributed by atoms with Crippen LogP contribution in [0.5, 0.6) is 0 Å². The number of benzene rings is 1. The minimum absolute atomic E-state index is 0.464. The van der Waals surface area contributed by atoms with Gasteiger partial charge >= 0.3 is 6.03 Å². The SMILES string of the molecule is NC(=O)NCCNc1nc2cc(Cl)ccc2s1. The van der Waals surface area contributed by atoms with E-state index in [1.807, 2.05) is 18.2 Å². The van der Waals surface area contributed by atoms with Crippen LogP contribution < -0.4 is 16.4 Å². The van der Waals surface area contributed by atoms with E-state index >= 15 is 0 Å². The zero-order valence-electron chi connectivity index (χ0n) is 8.87. The molecule has 0 unspecified atom stereocenters. The van der Waals surface area contributed by atoms with Crippen LogP contribution in [0.15, 0.2) is 18.2 Å². The molecule has 0 aliphatic heterocycles. The maximum atomic E-state index is 10.4. The minimum atomic E-state index is -0.525. The van der Waals surface area contributed by atoms with E-state index in [1.165, 1.54) is 11.3 Å². The fraction of sp³-hybridized carbons (Fsp3) is 0.200. The van der Waals surface area contributed by atoms with Crippen molar-refractivity contribution in [1.29, 1.82) is 0 Å². The Morgan fingerprint density at radius 1 is 1.47 bits per heavy atom. The second-order valence-corrected chi connectivity index (χ2v) is 4.82. The van der Waals surface area contributed by atoms with E-state index in [2.05, 4.69) is 15.6 Å². The minimum Gasteiger partial charge on any atom is -0.360 e. The predicted octanol–water partition coefficient (Wildman–Crippen LogP) is 2.03. The molecule has 2 amide bonds. The molecule has 2 rings (SSSR count). The number of carbonyl (C=O) groups excluding carboxylic acids is 1. The quantitative estimate of drug-likeness (QED) is 0.744. The molecule has 1 heterocycles. The summed E-state index contributed by atoms with van der Waals surface area (Å²) in [5, 5.41) is 7.06. The molecule has 90 valence electrons. The van der Waals surface area contributed by atoms with Gasteiger partial charge in [0.2, 0.25) is 0 Å². The third-order valence-electron chi connectivity index (χ3n) is 2.05. The number of halogens is 1. The van der Waals surface area contributed by atoms with Crippen molar-refractivity contribution in [3.8, 4) is 0 Å². The van der Waals surface area contributed by atoms with Crippen LogP contribution in [0.3, 0.4) is 0 Å². The molecule has 0 fully saturated rings. The third-order valence-corrected chi connectivity index (χ3v) is 3.28. The van der Waals surface area contributed by atoms with Gasteiger partial charge in [0.1, 0.15) is 0 Å². The van der Waals surface area contributed by atoms with E-state index in [0.717, 1.165) is 15.3 Å². The molecular formula is C10H11ClN4OS. The molecule has 0 aliphatic carbocycles. The van der Waals surface area contributed by atoms with Gasteiger partial charge in [-0.2, -0.15) is 0 Å². The molecule has 0 radical (unpaired) electrons. The number of nitrogens with zero attached hydrogens (tertiary/aromatic N) is 1. The molecule has 17 heavy (non-hydrogen) atoms. The molecule has 0 atom stereocenters. The van der Waals surface area contributed by atoms with Gasteiger partial charge in [-0.1, -0.05) is 22.9 Å². The molecule has 1 aromatic heterocycles. The van der Waals surface area contributed by atoms with Crippen LogP contribution in [-0.4, -0.2) is 24.1 Å². The average Bonchev–Trinajstić information content (AvgIpc) is 2.66. The molecule has 0 bridgehead atoms. The van der Waals surface area contributed by atoms with Crippen molar-refractivity contribution in [1.82, 2.24) is 10.3 Å². The van der Waals surface area contributed by atoms with Crippen molar-refractivity contribution in [3.05, 3.63) is 23.2 Å². The molecular weight excluding hydrogens is 260 g/mol. The number of carbonyl (C=O) groups is 1. The lowest BCUT2D eigenvalue weighted by molar-refractivity contribution is 0.249. The number of hydrogen-bond acceptors (Lipinski definition) is 4. The van der Waals surface area contributed by atoms with Crippen LogP contribution in [0.1, 0.15) is 0 Å². The van der Waals surface area contributed by atoms with Crippen molar-refractivity contribution in [2.75, 3.05) is 18.4 Å². The Balaban J connectivity index is 1.97. The molecule has 0 spiro atoms. The lowest BCUT2D eigenvalue weighted by Crippen LogP contribution is -2.33. The van der Waals surface area contributed by atoms with E-state index in [9.17, 15) is 4.79 Å². The van der Waals surface area contributed by atoms with Crippen LogP contribution in [0.25, 0.3) is 10.2 Å². The second-order valence-electron chi connectivity index (χ2n) is 3.35. The first kappa shape index (κ1) is 11.9. The van der Waals surface area contributed by atoms with Gasteiger partial charge in [-0.25, -0.2) is 9.78 Å². The Hall–Kier alpha value is -1.53. The number of aromatic nitrogens is 1. The first-order valence-corrected chi connectivity index (χ1v) is 6.18. The average molecular weight is 271 g/mol. The summed E-state index contributed by atoms with van der Waals surface area (Å²) in [6, 6.07) is 5.06. The highest BCUT2D eigenvalue weighted by Crippen LogP contribution is 2.27. The molecule has 0 saturated heterocycles. The number of thiazole rings is 1. The highest BCUT2D eigenvalue weighted by Gasteiger charge is 2.03. The van der Waals surface area contributed by atoms with E-state index in [-0.39, 0.29) is 0 Å². The van der Waals surface area contributed by atoms with E-state index in [4.69, 9.17) is 17.3 Å². The summed E-state index contributed by atoms with van der Waals surface area (Å²) in [5.41, 5.74) is 5.81. The summed E-state index contributed by atoms with van der Waals surface area (Å²) >= 11 is 7.41. The maximum absolute atomic E-state index is 10.4. The van der Waals surface area contributed by atoms with Gasteiger partial charge in [0.15, 0.2) is 5.13 Å². The molecule has 1 aromatic carbocycles. The first-order valence-electron chi connectivity index (χ1n) is 4.98. The van der Waals surface area contributed by atoms with E-state index in [0.29, 0.717) is 18.1 Å². The van der Waals surface area contributed by atoms with Crippen LogP contribution in [-0.2, 0) is 0 Å². The van der Waals surface area contributed by atoms with Gasteiger partial charge in [0.05, 0.1) is 10.2 Å². The topological polar surface area (TPSA) is 80.0 Å². The second kappa shape index (κ2) is 5.20. The third kappa shape index (κ3) is 3.21. The Kier molecular flexibility index (Phi) is 3.65. The predicted molar refractivity (Wildman–Crippen MR) is 70.7 cm³/mol. The number of primary amides is 1. The Bertz CT molecular complexity index is 542. The van der Waals surface area contributed by atoms with Gasteiger partial charge in [0, 0.05) is 18.1 Å². The number of urea groups is 1. The number of nitrogens with one attached hydrogen (secondary N) is 2. The van der Waals surface area contributed by atoms with Crippen molar-refractivity contribution in [2.45, 2.75) is 0 Å². The number of hydrogen-bond donors (Lipinski definition) is 3. The Labute approximate surface area is 107 Å². The van der Waals surface area contributed by atoms with Crippen molar-refractivity contribution >= 4 is 44.3 Å². The smallest absolute Gasteiger partial charge is 0.312 e. The molecule has 0 saturated carbocycles. The molecule has 5 nitrogen and oxygen atoms in total. The van der Waals surface area contributed by atoms with Crippen LogP contribution in [0, 0.1) is 0 Å². The standard InChI is InChI=1S/C10H11ClN4OS/c11-6-1-2-8-7(5-6)15-10(17-8)14-4-3-13-9(12)16/h1-2,5H,3-4H2,(H,14,15)(H3,12,13,16). The van der Waals surface area contributed by atoms with E-state index < -0.39 is 6.03 Å². The van der Waals surface area contributed by atoms with Crippen molar-refractivity contribution < 1.29 is 4.79 Å². The largest absolute Gasteiger partial charge is 0.360 e. The Morgan fingerprint density at radius 2 is 2.29 bits per heavy atom. The van der Waals surface area contributed by atoms with Crippen LogP contribution in [0.4, 0.5) is 9.93 Å². The summed E-state index contributed by atoms with van der Waals surface area (Å²) in [4.78, 5) is 14.8. The summed E-state index contributed by atoms with van der Waals surface area (Å²) < 4.78 is 1.07. The molecule has 7 heteroatoms. The van der Waals surface area contributed by atoms with Crippen LogP contribution >= 0.6 is 22.9 Å². The molecule has 0 aliphatic rings. The lowest BCUT2D eigenvalue weighted by Gasteiger charge is -2.01. The number of nitrogens with two attached hydrogens (primary N) is 1. The maximum Gasteiger partial charge on any atom is 0.312 e. The molecule has 4 N–H and O–H groups in total. The fourth-order valence-electron chi connectivity index (χ4n) is 1.33. The molecule has 2 aromatic rings. The van der Waals surface area contributed by atoms with Crippen molar-refractivity contribution in [2.24, 2.45) is 5.73 Å². The first-order chi connectivity index (χ1) is 8.15. The zero-order chi connectivity index (χ0) is 12.3. The summed E-state index contributed by atoms with van der Waals surface area (Å²) in [5.74, 6) is 0. The van der Waals surface area contributed by atoms with Gasteiger partial charge in [-0.05, 0) is 18.2 Å². The van der Waals surface area contributed by atoms with Crippen LogP contribution in [0.2, 0.25) is 5.02 Å². The Morgan fingerprint density at radius 3 is 3.06 bits per heavy atom. The van der Waals surface area contributed by atoms with Crippen molar-refractivity contribution in [3.63, 3.8) is 0 Å². The van der Waals surface area contributed by atoms with Gasteiger partial charge in [-0.3, -0.25) is 0 Å². The van der Waals surface area contributed by atoms with Gasteiger partial charge in [0.25, 0.3) is 0 Å². The summed E-state index contributed by atoms with van der Waals surface area (Å²) in [7, 11) is 0. The lowest BCUT2D eigenvalue weighted by atomic mass is 10.3.